The van der Waals surface area contributed by atoms with Crippen LogP contribution in [0.1, 0.15) is 24.1 Å². The number of rotatable bonds is 6. The Kier molecular flexibility index (Phi) is 4.52. The van der Waals surface area contributed by atoms with Gasteiger partial charge in [-0.05, 0) is 12.5 Å². The van der Waals surface area contributed by atoms with Gasteiger partial charge in [0.25, 0.3) is 0 Å². The lowest BCUT2D eigenvalue weighted by molar-refractivity contribution is 0.293. The summed E-state index contributed by atoms with van der Waals surface area (Å²) in [6.07, 6.45) is 5.48. The van der Waals surface area contributed by atoms with E-state index >= 15 is 0 Å². The Morgan fingerprint density at radius 2 is 2.04 bits per heavy atom. The highest BCUT2D eigenvalue weighted by molar-refractivity contribution is 5.31. The molecule has 0 saturated carbocycles. The second-order valence-electron chi connectivity index (χ2n) is 5.31. The van der Waals surface area contributed by atoms with Crippen molar-refractivity contribution in [2.45, 2.75) is 19.6 Å². The molecule has 0 aliphatic heterocycles. The minimum atomic E-state index is 0.0630. The maximum absolute atomic E-state index is 5.72. The largest absolute Gasteiger partial charge is 0.473 e. The van der Waals surface area contributed by atoms with Gasteiger partial charge in [0.15, 0.2) is 0 Å². The van der Waals surface area contributed by atoms with Crippen molar-refractivity contribution in [2.24, 2.45) is 7.05 Å². The first-order valence-corrected chi connectivity index (χ1v) is 7.45. The van der Waals surface area contributed by atoms with Crippen LogP contribution < -0.4 is 10.1 Å². The molecule has 6 heteroatoms. The van der Waals surface area contributed by atoms with Crippen molar-refractivity contribution in [3.8, 4) is 5.88 Å². The summed E-state index contributed by atoms with van der Waals surface area (Å²) in [6.45, 7) is 2.52. The van der Waals surface area contributed by atoms with Gasteiger partial charge in [-0.25, -0.2) is 4.98 Å². The van der Waals surface area contributed by atoms with Gasteiger partial charge in [0.05, 0.1) is 12.2 Å². The topological polar surface area (TPSA) is 64.9 Å². The van der Waals surface area contributed by atoms with Gasteiger partial charge in [0.1, 0.15) is 6.61 Å². The van der Waals surface area contributed by atoms with Gasteiger partial charge < -0.3 is 10.1 Å². The number of ether oxygens (including phenoxy) is 1. The molecule has 1 atom stereocenters. The summed E-state index contributed by atoms with van der Waals surface area (Å²) in [5.74, 6) is 1.08. The molecule has 1 N–H and O–H groups in total. The number of nitrogens with zero attached hydrogens (tertiary/aromatic N) is 4. The van der Waals surface area contributed by atoms with Crippen LogP contribution in [0.2, 0.25) is 0 Å². The van der Waals surface area contributed by atoms with Gasteiger partial charge in [-0.15, -0.1) is 0 Å². The van der Waals surface area contributed by atoms with Crippen LogP contribution in [0.25, 0.3) is 0 Å². The average molecular weight is 309 g/mol. The van der Waals surface area contributed by atoms with E-state index in [2.05, 4.69) is 20.4 Å². The van der Waals surface area contributed by atoms with E-state index in [1.807, 2.05) is 56.7 Å². The molecule has 0 aliphatic rings. The van der Waals surface area contributed by atoms with Gasteiger partial charge >= 0.3 is 0 Å². The summed E-state index contributed by atoms with van der Waals surface area (Å²) in [7, 11) is 1.89. The van der Waals surface area contributed by atoms with Crippen LogP contribution in [0, 0.1) is 0 Å². The van der Waals surface area contributed by atoms with Crippen molar-refractivity contribution < 1.29 is 4.74 Å². The Bertz CT molecular complexity index is 756. The highest BCUT2D eigenvalue weighted by Gasteiger charge is 2.09. The quantitative estimate of drug-likeness (QED) is 0.758. The van der Waals surface area contributed by atoms with E-state index in [9.17, 15) is 0 Å². The molecule has 0 fully saturated rings. The maximum Gasteiger partial charge on any atom is 0.226 e. The first-order chi connectivity index (χ1) is 11.2. The molecular weight excluding hydrogens is 290 g/mol. The third kappa shape index (κ3) is 4.06. The fourth-order valence-electron chi connectivity index (χ4n) is 2.16. The van der Waals surface area contributed by atoms with E-state index in [0.717, 1.165) is 11.1 Å². The molecule has 118 valence electrons. The van der Waals surface area contributed by atoms with Crippen LogP contribution in [-0.2, 0) is 13.7 Å². The van der Waals surface area contributed by atoms with Crippen LogP contribution in [0.15, 0.2) is 55.0 Å². The molecule has 23 heavy (non-hydrogen) atoms. The number of aromatic nitrogens is 4. The number of hydrogen-bond donors (Lipinski definition) is 1. The summed E-state index contributed by atoms with van der Waals surface area (Å²) >= 11 is 0. The van der Waals surface area contributed by atoms with Crippen molar-refractivity contribution in [3.05, 3.63) is 66.1 Å². The predicted molar refractivity (Wildman–Crippen MR) is 88.1 cm³/mol. The van der Waals surface area contributed by atoms with Crippen LogP contribution >= 0.6 is 0 Å². The zero-order valence-electron chi connectivity index (χ0n) is 13.2. The maximum atomic E-state index is 5.72. The summed E-state index contributed by atoms with van der Waals surface area (Å²) in [5, 5.41) is 7.43. The fourth-order valence-corrected chi connectivity index (χ4v) is 2.16. The SMILES string of the molecule is CC(Nc1nccc(OCc2ccccc2)n1)c1cnn(C)c1. The van der Waals surface area contributed by atoms with Gasteiger partial charge in [0.2, 0.25) is 11.8 Å². The molecule has 6 nitrogen and oxygen atoms in total. The number of benzene rings is 1. The van der Waals surface area contributed by atoms with Crippen molar-refractivity contribution >= 4 is 5.95 Å². The Morgan fingerprint density at radius 3 is 2.78 bits per heavy atom. The molecule has 0 aliphatic carbocycles. The van der Waals surface area contributed by atoms with Gasteiger partial charge in [-0.2, -0.15) is 10.1 Å². The molecule has 0 amide bonds. The molecule has 2 aromatic heterocycles. The molecule has 0 bridgehead atoms. The van der Waals surface area contributed by atoms with Crippen molar-refractivity contribution in [3.63, 3.8) is 0 Å². The van der Waals surface area contributed by atoms with Crippen molar-refractivity contribution in [1.82, 2.24) is 19.7 Å². The Labute approximate surface area is 135 Å². The third-order valence-electron chi connectivity index (χ3n) is 3.43. The molecule has 1 aromatic carbocycles. The lowest BCUT2D eigenvalue weighted by atomic mass is 10.2. The minimum absolute atomic E-state index is 0.0630. The summed E-state index contributed by atoms with van der Waals surface area (Å²) in [6, 6.07) is 11.8. The first-order valence-electron chi connectivity index (χ1n) is 7.45. The summed E-state index contributed by atoms with van der Waals surface area (Å²) in [5.41, 5.74) is 2.18. The fraction of sp³-hybridized carbons (Fsp3) is 0.235. The van der Waals surface area contributed by atoms with Gasteiger partial charge in [-0.3, -0.25) is 4.68 Å². The van der Waals surface area contributed by atoms with Gasteiger partial charge in [0, 0.05) is 31.1 Å². The first kappa shape index (κ1) is 15.0. The predicted octanol–water partition coefficient (Wildman–Crippen LogP) is 2.96. The van der Waals surface area contributed by atoms with Crippen LogP contribution in [-0.4, -0.2) is 19.7 Å². The Hall–Kier alpha value is -2.89. The minimum Gasteiger partial charge on any atom is -0.473 e. The summed E-state index contributed by atoms with van der Waals surface area (Å²) in [4.78, 5) is 8.63. The third-order valence-corrected chi connectivity index (χ3v) is 3.43. The van der Waals surface area contributed by atoms with E-state index in [1.54, 1.807) is 16.9 Å². The number of aryl methyl sites for hydroxylation is 1. The molecule has 3 rings (SSSR count). The lowest BCUT2D eigenvalue weighted by Crippen LogP contribution is -2.09. The highest BCUT2D eigenvalue weighted by Crippen LogP contribution is 2.17. The molecule has 2 heterocycles. The van der Waals surface area contributed by atoms with E-state index in [1.165, 1.54) is 0 Å². The van der Waals surface area contributed by atoms with Crippen molar-refractivity contribution in [1.29, 1.82) is 0 Å². The van der Waals surface area contributed by atoms with Crippen LogP contribution in [0.3, 0.4) is 0 Å². The number of anilines is 1. The van der Waals surface area contributed by atoms with Crippen molar-refractivity contribution in [2.75, 3.05) is 5.32 Å². The molecular formula is C17H19N5O. The second kappa shape index (κ2) is 6.91. The average Bonchev–Trinajstić information content (AvgIpc) is 3.01. The molecule has 3 aromatic rings. The standard InChI is InChI=1S/C17H19N5O/c1-13(15-10-19-22(2)11-15)20-17-18-9-8-16(21-17)23-12-14-6-4-3-5-7-14/h3-11,13H,12H2,1-2H3,(H,18,20,21). The van der Waals surface area contributed by atoms with E-state index in [4.69, 9.17) is 4.74 Å². The van der Waals surface area contributed by atoms with E-state index in [0.29, 0.717) is 18.4 Å². The number of nitrogens with one attached hydrogen (secondary N) is 1. The van der Waals surface area contributed by atoms with Crippen LogP contribution in [0.4, 0.5) is 5.95 Å². The van der Waals surface area contributed by atoms with Gasteiger partial charge in [-0.1, -0.05) is 30.3 Å². The second-order valence-corrected chi connectivity index (χ2v) is 5.31. The van der Waals surface area contributed by atoms with Crippen LogP contribution in [0.5, 0.6) is 5.88 Å². The zero-order valence-corrected chi connectivity index (χ0v) is 13.2. The highest BCUT2D eigenvalue weighted by atomic mass is 16.5. The summed E-state index contributed by atoms with van der Waals surface area (Å²) < 4.78 is 7.49. The lowest BCUT2D eigenvalue weighted by Gasteiger charge is -2.12. The Morgan fingerprint density at radius 1 is 1.22 bits per heavy atom. The zero-order chi connectivity index (χ0) is 16.1. The van der Waals surface area contributed by atoms with E-state index in [-0.39, 0.29) is 6.04 Å². The smallest absolute Gasteiger partial charge is 0.226 e. The number of hydrogen-bond acceptors (Lipinski definition) is 5. The van der Waals surface area contributed by atoms with E-state index < -0.39 is 0 Å². The molecule has 0 spiro atoms. The normalized spacial score (nSPS) is 11.9. The molecule has 0 radical (unpaired) electrons. The molecule has 0 saturated heterocycles. The Balaban J connectivity index is 1.63. The monoisotopic (exact) mass is 309 g/mol. The molecule has 1 unspecified atom stereocenters.